The predicted octanol–water partition coefficient (Wildman–Crippen LogP) is 2.74. The Morgan fingerprint density at radius 1 is 1.39 bits per heavy atom. The largest absolute Gasteiger partial charge is 0.467 e. The van der Waals surface area contributed by atoms with E-state index in [2.05, 4.69) is 0 Å². The van der Waals surface area contributed by atoms with Crippen molar-refractivity contribution in [1.29, 1.82) is 0 Å². The monoisotopic (exact) mass is 246 g/mol. The summed E-state index contributed by atoms with van der Waals surface area (Å²) in [5, 5.41) is 10.9. The van der Waals surface area contributed by atoms with Crippen LogP contribution in [0.25, 0.3) is 0 Å². The first-order chi connectivity index (χ1) is 8.59. The van der Waals surface area contributed by atoms with E-state index in [1.54, 1.807) is 24.5 Å². The van der Waals surface area contributed by atoms with Gasteiger partial charge in [-0.15, -0.1) is 0 Å². The first kappa shape index (κ1) is 12.3. The molecule has 0 fully saturated rings. The first-order valence-corrected chi connectivity index (χ1v) is 5.61. The molecule has 18 heavy (non-hydrogen) atoms. The summed E-state index contributed by atoms with van der Waals surface area (Å²) in [4.78, 5) is 10.5. The van der Waals surface area contributed by atoms with E-state index in [4.69, 9.17) is 10.2 Å². The van der Waals surface area contributed by atoms with Crippen LogP contribution in [0.15, 0.2) is 41.0 Å². The maximum absolute atomic E-state index is 10.9. The molecule has 1 aromatic carbocycles. The van der Waals surface area contributed by atoms with E-state index in [1.807, 2.05) is 13.0 Å². The Balaban J connectivity index is 2.25. The summed E-state index contributed by atoms with van der Waals surface area (Å²) in [6.07, 6.45) is 1.95. The van der Waals surface area contributed by atoms with Crippen LogP contribution < -0.4 is 5.73 Å². The van der Waals surface area contributed by atoms with Crippen LogP contribution in [0.3, 0.4) is 0 Å². The number of rotatable bonds is 4. The Morgan fingerprint density at radius 3 is 2.72 bits per heavy atom. The number of furan rings is 1. The van der Waals surface area contributed by atoms with Gasteiger partial charge < -0.3 is 10.2 Å². The molecular formula is C13H14N2O3. The molecule has 0 saturated heterocycles. The fraction of sp³-hybridized carbons (Fsp3) is 0.231. The molecule has 1 unspecified atom stereocenters. The van der Waals surface area contributed by atoms with E-state index in [0.717, 1.165) is 5.56 Å². The van der Waals surface area contributed by atoms with Crippen molar-refractivity contribution < 1.29 is 9.34 Å². The fourth-order valence-corrected chi connectivity index (χ4v) is 1.96. The number of benzene rings is 1. The lowest BCUT2D eigenvalue weighted by Crippen LogP contribution is -2.14. The van der Waals surface area contributed by atoms with Crippen LogP contribution in [0.1, 0.15) is 22.9 Å². The lowest BCUT2D eigenvalue weighted by atomic mass is 10.0. The Labute approximate surface area is 104 Å². The van der Waals surface area contributed by atoms with Crippen molar-refractivity contribution in [2.45, 2.75) is 19.4 Å². The summed E-state index contributed by atoms with van der Waals surface area (Å²) < 4.78 is 5.30. The highest BCUT2D eigenvalue weighted by Crippen LogP contribution is 2.25. The Kier molecular flexibility index (Phi) is 3.43. The summed E-state index contributed by atoms with van der Waals surface area (Å²) in [6, 6.07) is 8.07. The highest BCUT2D eigenvalue weighted by molar-refractivity contribution is 5.40. The third-order valence-corrected chi connectivity index (χ3v) is 2.87. The molecule has 0 aliphatic carbocycles. The summed E-state index contributed by atoms with van der Waals surface area (Å²) >= 11 is 0. The van der Waals surface area contributed by atoms with Crippen molar-refractivity contribution in [3.8, 4) is 0 Å². The minimum absolute atomic E-state index is 0.0946. The number of nitrogens with two attached hydrogens (primary N) is 1. The van der Waals surface area contributed by atoms with Gasteiger partial charge in [-0.1, -0.05) is 18.2 Å². The Morgan fingerprint density at radius 2 is 2.11 bits per heavy atom. The second-order valence-electron chi connectivity index (χ2n) is 4.16. The first-order valence-electron chi connectivity index (χ1n) is 5.61. The summed E-state index contributed by atoms with van der Waals surface area (Å²) in [7, 11) is 0. The van der Waals surface area contributed by atoms with Gasteiger partial charge in [0.15, 0.2) is 0 Å². The standard InChI is InChI=1S/C13H14N2O3/c1-9-6-7-18-13(9)11(14)8-10-4-2-3-5-12(10)15(16)17/h2-7,11H,8,14H2,1H3. The number of nitro benzene ring substituents is 1. The Bertz CT molecular complexity index is 563. The third-order valence-electron chi connectivity index (χ3n) is 2.87. The van der Waals surface area contributed by atoms with Gasteiger partial charge in [-0.3, -0.25) is 10.1 Å². The van der Waals surface area contributed by atoms with E-state index in [-0.39, 0.29) is 11.7 Å². The SMILES string of the molecule is Cc1ccoc1C(N)Cc1ccccc1[N+](=O)[O-]. The van der Waals surface area contributed by atoms with Gasteiger partial charge in [0, 0.05) is 18.1 Å². The zero-order valence-corrected chi connectivity index (χ0v) is 10.00. The minimum Gasteiger partial charge on any atom is -0.467 e. The van der Waals surface area contributed by atoms with E-state index in [9.17, 15) is 10.1 Å². The summed E-state index contributed by atoms with van der Waals surface area (Å²) in [5.74, 6) is 0.674. The normalized spacial score (nSPS) is 12.3. The molecule has 0 spiro atoms. The molecular weight excluding hydrogens is 232 g/mol. The van der Waals surface area contributed by atoms with E-state index in [0.29, 0.717) is 17.7 Å². The molecule has 1 atom stereocenters. The number of hydrogen-bond donors (Lipinski definition) is 1. The van der Waals surface area contributed by atoms with Gasteiger partial charge in [-0.05, 0) is 18.6 Å². The molecule has 2 rings (SSSR count). The second-order valence-corrected chi connectivity index (χ2v) is 4.16. The molecule has 5 nitrogen and oxygen atoms in total. The van der Waals surface area contributed by atoms with Gasteiger partial charge in [-0.2, -0.15) is 0 Å². The molecule has 0 bridgehead atoms. The highest BCUT2D eigenvalue weighted by Gasteiger charge is 2.18. The number of para-hydroxylation sites is 1. The van der Waals surface area contributed by atoms with E-state index < -0.39 is 4.92 Å². The zero-order valence-electron chi connectivity index (χ0n) is 10.00. The van der Waals surface area contributed by atoms with Crippen molar-refractivity contribution in [3.05, 3.63) is 63.6 Å². The Hall–Kier alpha value is -2.14. The number of nitro groups is 1. The van der Waals surface area contributed by atoms with Crippen LogP contribution >= 0.6 is 0 Å². The van der Waals surface area contributed by atoms with Crippen molar-refractivity contribution in [2.24, 2.45) is 5.73 Å². The van der Waals surface area contributed by atoms with Crippen LogP contribution in [0.4, 0.5) is 5.69 Å². The summed E-state index contributed by atoms with van der Waals surface area (Å²) in [6.45, 7) is 1.90. The fourth-order valence-electron chi connectivity index (χ4n) is 1.96. The van der Waals surface area contributed by atoms with Crippen molar-refractivity contribution >= 4 is 5.69 Å². The van der Waals surface area contributed by atoms with Crippen molar-refractivity contribution in [1.82, 2.24) is 0 Å². The van der Waals surface area contributed by atoms with Gasteiger partial charge in [0.25, 0.3) is 5.69 Å². The third kappa shape index (κ3) is 2.41. The van der Waals surface area contributed by atoms with Gasteiger partial charge in [-0.25, -0.2) is 0 Å². The topological polar surface area (TPSA) is 82.3 Å². The van der Waals surface area contributed by atoms with E-state index in [1.165, 1.54) is 6.07 Å². The zero-order chi connectivity index (χ0) is 13.1. The number of hydrogen-bond acceptors (Lipinski definition) is 4. The number of aryl methyl sites for hydroxylation is 1. The quantitative estimate of drug-likeness (QED) is 0.664. The highest BCUT2D eigenvalue weighted by atomic mass is 16.6. The van der Waals surface area contributed by atoms with Crippen LogP contribution in [0, 0.1) is 17.0 Å². The number of nitrogens with zero attached hydrogens (tertiary/aromatic N) is 1. The van der Waals surface area contributed by atoms with Crippen LogP contribution in [0.5, 0.6) is 0 Å². The van der Waals surface area contributed by atoms with Crippen LogP contribution in [-0.4, -0.2) is 4.92 Å². The van der Waals surface area contributed by atoms with Crippen LogP contribution in [-0.2, 0) is 6.42 Å². The average Bonchev–Trinajstić information content (AvgIpc) is 2.76. The lowest BCUT2D eigenvalue weighted by molar-refractivity contribution is -0.385. The molecule has 1 aromatic heterocycles. The molecule has 0 radical (unpaired) electrons. The van der Waals surface area contributed by atoms with Crippen molar-refractivity contribution in [3.63, 3.8) is 0 Å². The minimum atomic E-state index is -0.392. The van der Waals surface area contributed by atoms with Gasteiger partial charge in [0.1, 0.15) is 5.76 Å². The smallest absolute Gasteiger partial charge is 0.272 e. The molecule has 2 aromatic rings. The average molecular weight is 246 g/mol. The predicted molar refractivity (Wildman–Crippen MR) is 67.2 cm³/mol. The molecule has 0 aliphatic rings. The molecule has 5 heteroatoms. The molecule has 1 heterocycles. The molecule has 2 N–H and O–H groups in total. The van der Waals surface area contributed by atoms with Crippen LogP contribution in [0.2, 0.25) is 0 Å². The maximum atomic E-state index is 10.9. The van der Waals surface area contributed by atoms with Gasteiger partial charge >= 0.3 is 0 Å². The van der Waals surface area contributed by atoms with Gasteiger partial charge in [0.2, 0.25) is 0 Å². The molecule has 0 saturated carbocycles. The van der Waals surface area contributed by atoms with Crippen molar-refractivity contribution in [2.75, 3.05) is 0 Å². The summed E-state index contributed by atoms with van der Waals surface area (Å²) in [5.41, 5.74) is 7.70. The second kappa shape index (κ2) is 5.01. The van der Waals surface area contributed by atoms with Gasteiger partial charge in [0.05, 0.1) is 17.2 Å². The lowest BCUT2D eigenvalue weighted by Gasteiger charge is -2.10. The molecule has 94 valence electrons. The molecule has 0 amide bonds. The maximum Gasteiger partial charge on any atom is 0.272 e. The van der Waals surface area contributed by atoms with E-state index >= 15 is 0 Å². The molecule has 0 aliphatic heterocycles.